The molecule has 12 nitrogen and oxygen atoms in total. The topological polar surface area (TPSA) is 189 Å². The van der Waals surface area contributed by atoms with Gasteiger partial charge in [-0.25, -0.2) is 9.59 Å². The number of fused-ring (bicyclic) bond motifs is 2. The third-order valence-electron chi connectivity index (χ3n) is 7.24. The maximum absolute atomic E-state index is 12.3. The highest BCUT2D eigenvalue weighted by atomic mass is 16.8. The van der Waals surface area contributed by atoms with Crippen molar-refractivity contribution < 1.29 is 58.9 Å². The number of methoxy groups -OCH3 is 1. The molecule has 0 aliphatic carbocycles. The predicted octanol–water partition coefficient (Wildman–Crippen LogP) is 0.266. The summed E-state index contributed by atoms with van der Waals surface area (Å²) in [5.74, 6) is -7.07. The Morgan fingerprint density at radius 3 is 2.26 bits per heavy atom. The van der Waals surface area contributed by atoms with Crippen LogP contribution in [0.5, 0.6) is 0 Å². The third kappa shape index (κ3) is 4.83. The second-order valence-electron chi connectivity index (χ2n) is 9.83. The Morgan fingerprint density at radius 1 is 1.11 bits per heavy atom. The lowest BCUT2D eigenvalue weighted by Crippen LogP contribution is -2.77. The van der Waals surface area contributed by atoms with Gasteiger partial charge in [-0.3, -0.25) is 4.79 Å². The molecule has 12 heteroatoms. The average molecular weight is 539 g/mol. The molecule has 3 rings (SSSR count). The minimum atomic E-state index is -3.31. The van der Waals surface area contributed by atoms with Crippen molar-refractivity contribution in [3.05, 3.63) is 48.0 Å². The lowest BCUT2D eigenvalue weighted by atomic mass is 9.75. The van der Waals surface area contributed by atoms with Crippen LogP contribution in [0.4, 0.5) is 0 Å². The fourth-order valence-electron chi connectivity index (χ4n) is 5.36. The number of hydrogen-bond acceptors (Lipinski definition) is 10. The molecule has 2 heterocycles. The zero-order valence-electron chi connectivity index (χ0n) is 21.4. The van der Waals surface area contributed by atoms with Crippen LogP contribution in [-0.2, 0) is 39.8 Å². The lowest BCUT2D eigenvalue weighted by molar-refractivity contribution is -0.383. The molecule has 2 fully saturated rings. The summed E-state index contributed by atoms with van der Waals surface area (Å²) in [6.07, 6.45) is -6.86. The van der Waals surface area contributed by atoms with Gasteiger partial charge in [-0.15, -0.1) is 0 Å². The number of ether oxygens (including phenoxy) is 4. The number of aliphatic hydroxyl groups is 3. The van der Waals surface area contributed by atoms with E-state index in [4.69, 9.17) is 18.9 Å². The number of benzene rings is 1. The molecule has 0 spiro atoms. The van der Waals surface area contributed by atoms with E-state index in [2.05, 4.69) is 6.58 Å². The summed E-state index contributed by atoms with van der Waals surface area (Å²) in [6.45, 7) is 6.55. The molecule has 0 amide bonds. The Labute approximate surface area is 219 Å². The summed E-state index contributed by atoms with van der Waals surface area (Å²) in [5.41, 5.74) is -5.09. The van der Waals surface area contributed by atoms with Crippen molar-refractivity contribution in [1.82, 2.24) is 0 Å². The van der Waals surface area contributed by atoms with Crippen LogP contribution in [0.3, 0.4) is 0 Å². The minimum Gasteiger partial charge on any atom is -0.479 e. The largest absolute Gasteiger partial charge is 0.479 e. The highest BCUT2D eigenvalue weighted by molar-refractivity contribution is 5.93. The first kappa shape index (κ1) is 29.7. The minimum absolute atomic E-state index is 0.0399. The first-order valence-electron chi connectivity index (χ1n) is 12.1. The van der Waals surface area contributed by atoms with Gasteiger partial charge in [-0.1, -0.05) is 43.8 Å². The number of aliphatic carboxylic acids is 2. The first-order chi connectivity index (χ1) is 17.8. The molecular weight excluding hydrogens is 504 g/mol. The molecule has 0 unspecified atom stereocenters. The Balaban J connectivity index is 1.90. The number of carbonyl (C=O) groups is 3. The molecule has 0 radical (unpaired) electrons. The highest BCUT2D eigenvalue weighted by Crippen LogP contribution is 2.54. The van der Waals surface area contributed by atoms with Crippen LogP contribution in [0, 0.1) is 5.92 Å². The molecule has 38 heavy (non-hydrogen) atoms. The summed E-state index contributed by atoms with van der Waals surface area (Å²) in [7, 11) is 1.18. The maximum Gasteiger partial charge on any atom is 0.342 e. The molecule has 5 N–H and O–H groups in total. The zero-order chi connectivity index (χ0) is 28.5. The van der Waals surface area contributed by atoms with Gasteiger partial charge < -0.3 is 44.5 Å². The fraction of sp³-hybridized carbons (Fsp3) is 0.577. The zero-order valence-corrected chi connectivity index (χ0v) is 21.4. The van der Waals surface area contributed by atoms with E-state index in [0.717, 1.165) is 5.56 Å². The maximum atomic E-state index is 12.3. The SMILES string of the molecule is C=C(CC[C@]12O[C@H](COC)[C@@](O)(C(=O)O)[C@](C(=O)O)(O1)[C@H](O)[C@H]2O)[C@@H](OC(C)=O)[C@H](C)Cc1ccccc1. The number of hydrogen-bond donors (Lipinski definition) is 5. The third-order valence-corrected chi connectivity index (χ3v) is 7.24. The van der Waals surface area contributed by atoms with E-state index < -0.39 is 65.9 Å². The molecular formula is C26H34O12. The molecule has 210 valence electrons. The summed E-state index contributed by atoms with van der Waals surface area (Å²) < 4.78 is 21.7. The van der Waals surface area contributed by atoms with Crippen LogP contribution >= 0.6 is 0 Å². The van der Waals surface area contributed by atoms with Gasteiger partial charge in [0.05, 0.1) is 6.61 Å². The number of esters is 1. The van der Waals surface area contributed by atoms with Crippen LogP contribution < -0.4 is 0 Å². The van der Waals surface area contributed by atoms with Gasteiger partial charge in [0.15, 0.2) is 5.79 Å². The van der Waals surface area contributed by atoms with Gasteiger partial charge >= 0.3 is 17.9 Å². The van der Waals surface area contributed by atoms with E-state index in [1.54, 1.807) is 0 Å². The quantitative estimate of drug-likeness (QED) is 0.181. The van der Waals surface area contributed by atoms with E-state index >= 15 is 0 Å². The molecule has 8 atom stereocenters. The molecule has 1 aromatic carbocycles. The number of rotatable bonds is 12. The fourth-order valence-corrected chi connectivity index (χ4v) is 5.36. The van der Waals surface area contributed by atoms with Crippen molar-refractivity contribution in [2.45, 2.75) is 74.5 Å². The van der Waals surface area contributed by atoms with Gasteiger partial charge in [0, 0.05) is 26.4 Å². The van der Waals surface area contributed by atoms with Crippen LogP contribution in [-0.4, -0.2) is 98.6 Å². The summed E-state index contributed by atoms with van der Waals surface area (Å²) in [4.78, 5) is 36.3. The van der Waals surface area contributed by atoms with Crippen molar-refractivity contribution in [2.75, 3.05) is 13.7 Å². The number of aliphatic hydroxyl groups excluding tert-OH is 2. The first-order valence-corrected chi connectivity index (χ1v) is 12.1. The Kier molecular flexibility index (Phi) is 8.66. The van der Waals surface area contributed by atoms with E-state index in [9.17, 15) is 39.9 Å². The smallest absolute Gasteiger partial charge is 0.342 e. The summed E-state index contributed by atoms with van der Waals surface area (Å²) >= 11 is 0. The van der Waals surface area contributed by atoms with Crippen molar-refractivity contribution >= 4 is 17.9 Å². The highest BCUT2D eigenvalue weighted by Gasteiger charge is 2.83. The van der Waals surface area contributed by atoms with E-state index in [1.807, 2.05) is 37.3 Å². The standard InChI is InChI=1S/C26H34O12/c1-14(19(36-16(3)27)15(2)12-17-8-6-5-7-9-17)10-11-24-20(28)21(29)26(38-24,23(32)33)25(34,22(30)31)18(37-24)13-35-4/h5-9,15,18-21,28-29,34H,1,10-13H2,2-4H3,(H,30,31)(H,32,33)/t15-,18-,19-,20-,21-,24+,25-,26+/m1/s1. The Bertz CT molecular complexity index is 1060. The van der Waals surface area contributed by atoms with Crippen LogP contribution in [0.1, 0.15) is 32.3 Å². The summed E-state index contributed by atoms with van der Waals surface area (Å²) in [6, 6.07) is 9.48. The molecule has 0 saturated carbocycles. The molecule has 2 aliphatic rings. The van der Waals surface area contributed by atoms with E-state index in [1.165, 1.54) is 14.0 Å². The van der Waals surface area contributed by atoms with Gasteiger partial charge in [0.2, 0.25) is 11.2 Å². The van der Waals surface area contributed by atoms with Crippen LogP contribution in [0.25, 0.3) is 0 Å². The predicted molar refractivity (Wildman–Crippen MR) is 129 cm³/mol. The van der Waals surface area contributed by atoms with E-state index in [-0.39, 0.29) is 18.8 Å². The molecule has 2 bridgehead atoms. The van der Waals surface area contributed by atoms with Gasteiger partial charge in [-0.2, -0.15) is 0 Å². The van der Waals surface area contributed by atoms with Crippen molar-refractivity contribution in [1.29, 1.82) is 0 Å². The molecule has 0 aromatic heterocycles. The van der Waals surface area contributed by atoms with Crippen molar-refractivity contribution in [2.24, 2.45) is 5.92 Å². The molecule has 1 aromatic rings. The van der Waals surface area contributed by atoms with Gasteiger partial charge in [0.1, 0.15) is 24.4 Å². The molecule has 2 aliphatic heterocycles. The second kappa shape index (κ2) is 11.1. The van der Waals surface area contributed by atoms with E-state index in [0.29, 0.717) is 12.0 Å². The van der Waals surface area contributed by atoms with Crippen LogP contribution in [0.15, 0.2) is 42.5 Å². The van der Waals surface area contributed by atoms with Crippen molar-refractivity contribution in [3.63, 3.8) is 0 Å². The summed E-state index contributed by atoms with van der Waals surface area (Å²) in [5, 5.41) is 52.5. The Morgan fingerprint density at radius 2 is 1.74 bits per heavy atom. The normalized spacial score (nSPS) is 33.8. The number of carboxylic acids is 2. The lowest BCUT2D eigenvalue weighted by Gasteiger charge is -2.50. The van der Waals surface area contributed by atoms with Gasteiger partial charge in [0.25, 0.3) is 0 Å². The number of carbonyl (C=O) groups excluding carboxylic acids is 1. The van der Waals surface area contributed by atoms with Gasteiger partial charge in [-0.05, 0) is 24.0 Å². The number of carboxylic acid groups (broad SMARTS) is 2. The average Bonchev–Trinajstić information content (AvgIpc) is 3.06. The second-order valence-corrected chi connectivity index (χ2v) is 9.83. The molecule has 2 saturated heterocycles. The monoisotopic (exact) mass is 538 g/mol. The van der Waals surface area contributed by atoms with Crippen molar-refractivity contribution in [3.8, 4) is 0 Å². The van der Waals surface area contributed by atoms with Crippen LogP contribution in [0.2, 0.25) is 0 Å². The Hall–Kier alpha value is -2.87.